The molecule has 0 radical (unpaired) electrons. The van der Waals surface area contributed by atoms with Gasteiger partial charge in [-0.1, -0.05) is 79.1 Å². The highest BCUT2D eigenvalue weighted by atomic mass is 32.2. The van der Waals surface area contributed by atoms with Crippen molar-refractivity contribution in [2.45, 2.75) is 67.5 Å². The van der Waals surface area contributed by atoms with Gasteiger partial charge in [-0.05, 0) is 43.9 Å². The van der Waals surface area contributed by atoms with Crippen LogP contribution < -0.4 is 4.72 Å². The van der Waals surface area contributed by atoms with Crippen LogP contribution in [0.5, 0.6) is 0 Å². The van der Waals surface area contributed by atoms with Crippen molar-refractivity contribution in [3.05, 3.63) is 71.6 Å². The fourth-order valence-corrected chi connectivity index (χ4v) is 6.04. The first kappa shape index (κ1) is 23.0. The van der Waals surface area contributed by atoms with E-state index >= 15 is 0 Å². The second-order valence-corrected chi connectivity index (χ2v) is 11.0. The van der Waals surface area contributed by atoms with Crippen LogP contribution in [-0.2, 0) is 10.0 Å². The largest absolute Gasteiger partial charge is 0.416 e. The molecule has 0 bridgehead atoms. The maximum Gasteiger partial charge on any atom is 0.276 e. The van der Waals surface area contributed by atoms with E-state index < -0.39 is 10.0 Å². The molecule has 1 heterocycles. The van der Waals surface area contributed by atoms with Gasteiger partial charge in [0.25, 0.3) is 5.22 Å². The van der Waals surface area contributed by atoms with Crippen LogP contribution >= 0.6 is 11.8 Å². The van der Waals surface area contributed by atoms with Gasteiger partial charge in [-0.3, -0.25) is 0 Å². The number of benzene rings is 2. The molecular formula is C24H29N3O3S2. The maximum atomic E-state index is 13.0. The van der Waals surface area contributed by atoms with Gasteiger partial charge < -0.3 is 4.42 Å². The van der Waals surface area contributed by atoms with Crippen molar-refractivity contribution in [3.63, 3.8) is 0 Å². The first-order valence-corrected chi connectivity index (χ1v) is 13.6. The van der Waals surface area contributed by atoms with Gasteiger partial charge in [-0.2, -0.15) is 0 Å². The summed E-state index contributed by atoms with van der Waals surface area (Å²) in [4.78, 5) is 0.269. The normalized spacial score (nSPS) is 16.2. The van der Waals surface area contributed by atoms with Gasteiger partial charge in [0, 0.05) is 17.7 Å². The minimum atomic E-state index is -3.64. The van der Waals surface area contributed by atoms with Gasteiger partial charge in [-0.25, -0.2) is 13.1 Å². The molecule has 4 rings (SSSR count). The minimum absolute atomic E-state index is 0.269. The Morgan fingerprint density at radius 2 is 1.75 bits per heavy atom. The quantitative estimate of drug-likeness (QED) is 0.407. The Hall–Kier alpha value is -2.16. The van der Waals surface area contributed by atoms with Crippen molar-refractivity contribution in [2.24, 2.45) is 0 Å². The first-order chi connectivity index (χ1) is 15.5. The molecule has 1 N–H and O–H groups in total. The molecule has 32 heavy (non-hydrogen) atoms. The van der Waals surface area contributed by atoms with Crippen molar-refractivity contribution in [1.29, 1.82) is 0 Å². The molecular weight excluding hydrogens is 442 g/mol. The van der Waals surface area contributed by atoms with E-state index in [1.807, 2.05) is 37.3 Å². The molecule has 170 valence electrons. The Morgan fingerprint density at radius 1 is 1.03 bits per heavy atom. The van der Waals surface area contributed by atoms with Crippen LogP contribution in [0.3, 0.4) is 0 Å². The molecule has 1 aromatic heterocycles. The van der Waals surface area contributed by atoms with Gasteiger partial charge in [-0.15, -0.1) is 10.2 Å². The maximum absolute atomic E-state index is 13.0. The topological polar surface area (TPSA) is 85.1 Å². The van der Waals surface area contributed by atoms with E-state index in [-0.39, 0.29) is 10.9 Å². The zero-order valence-corrected chi connectivity index (χ0v) is 19.9. The number of hydrogen-bond acceptors (Lipinski definition) is 6. The highest BCUT2D eigenvalue weighted by molar-refractivity contribution is 7.99. The number of hydrogen-bond donors (Lipinski definition) is 1. The van der Waals surface area contributed by atoms with E-state index in [9.17, 15) is 8.42 Å². The van der Waals surface area contributed by atoms with Crippen LogP contribution in [0.1, 0.15) is 67.5 Å². The summed E-state index contributed by atoms with van der Waals surface area (Å²) in [6.45, 7) is 1.94. The highest BCUT2D eigenvalue weighted by Gasteiger charge is 2.23. The Morgan fingerprint density at radius 3 is 2.47 bits per heavy atom. The lowest BCUT2D eigenvalue weighted by molar-refractivity contribution is 0.334. The molecule has 1 aliphatic carbocycles. The lowest BCUT2D eigenvalue weighted by Gasteiger charge is -2.19. The molecule has 1 saturated carbocycles. The second-order valence-electron chi connectivity index (χ2n) is 8.28. The summed E-state index contributed by atoms with van der Waals surface area (Å²) in [5.41, 5.74) is 1.95. The molecule has 1 atom stereocenters. The fourth-order valence-electron chi connectivity index (χ4n) is 4.01. The average Bonchev–Trinajstić information content (AvgIpc) is 3.29. The molecule has 1 aliphatic rings. The van der Waals surface area contributed by atoms with E-state index in [1.165, 1.54) is 31.0 Å². The first-order valence-electron chi connectivity index (χ1n) is 11.1. The third kappa shape index (κ3) is 5.99. The zero-order chi connectivity index (χ0) is 22.4. The molecule has 8 heteroatoms. The van der Waals surface area contributed by atoms with Gasteiger partial charge >= 0.3 is 0 Å². The van der Waals surface area contributed by atoms with Gasteiger partial charge in [0.2, 0.25) is 15.9 Å². The molecule has 0 saturated heterocycles. The van der Waals surface area contributed by atoms with Crippen LogP contribution in [-0.4, -0.2) is 24.4 Å². The molecule has 3 aromatic rings. The summed E-state index contributed by atoms with van der Waals surface area (Å²) in [7, 11) is -3.64. The molecule has 0 amide bonds. The number of rotatable bonds is 9. The highest BCUT2D eigenvalue weighted by Crippen LogP contribution is 2.33. The lowest BCUT2D eigenvalue weighted by atomic mass is 9.89. The summed E-state index contributed by atoms with van der Waals surface area (Å²) < 4.78 is 34.7. The summed E-state index contributed by atoms with van der Waals surface area (Å²) in [5, 5.41) is 9.01. The van der Waals surface area contributed by atoms with E-state index in [1.54, 1.807) is 24.3 Å². The number of nitrogens with one attached hydrogen (secondary N) is 1. The van der Waals surface area contributed by atoms with E-state index in [0.29, 0.717) is 23.3 Å². The summed E-state index contributed by atoms with van der Waals surface area (Å²) in [5.74, 6) is 1.78. The van der Waals surface area contributed by atoms with Crippen LogP contribution in [0.15, 0.2) is 69.1 Å². The molecule has 1 unspecified atom stereocenters. The van der Waals surface area contributed by atoms with E-state index in [2.05, 4.69) is 14.9 Å². The molecule has 2 aromatic carbocycles. The number of sulfonamides is 1. The molecule has 0 spiro atoms. The van der Waals surface area contributed by atoms with Crippen LogP contribution in [0.2, 0.25) is 0 Å². The molecule has 0 aliphatic heterocycles. The van der Waals surface area contributed by atoms with Crippen LogP contribution in [0.25, 0.3) is 0 Å². The monoisotopic (exact) mass is 471 g/mol. The third-order valence-electron chi connectivity index (χ3n) is 5.84. The van der Waals surface area contributed by atoms with Crippen molar-refractivity contribution in [2.75, 3.05) is 5.75 Å². The lowest BCUT2D eigenvalue weighted by Crippen LogP contribution is -2.29. The number of nitrogens with zero attached hydrogens (tertiary/aromatic N) is 2. The van der Waals surface area contributed by atoms with Crippen LogP contribution in [0.4, 0.5) is 0 Å². The number of aromatic nitrogens is 2. The number of thioether (sulfide) groups is 1. The Kier molecular flexibility index (Phi) is 7.65. The zero-order valence-electron chi connectivity index (χ0n) is 18.2. The second kappa shape index (κ2) is 10.6. The number of aryl methyl sites for hydroxylation is 1. The van der Waals surface area contributed by atoms with Gasteiger partial charge in [0.1, 0.15) is 0 Å². The fraction of sp³-hybridized carbons (Fsp3) is 0.417. The van der Waals surface area contributed by atoms with Crippen molar-refractivity contribution < 1.29 is 12.8 Å². The smallest absolute Gasteiger partial charge is 0.276 e. The van der Waals surface area contributed by atoms with Crippen molar-refractivity contribution in [3.8, 4) is 0 Å². The van der Waals surface area contributed by atoms with Crippen molar-refractivity contribution >= 4 is 21.8 Å². The van der Waals surface area contributed by atoms with Gasteiger partial charge in [0.05, 0.1) is 4.90 Å². The van der Waals surface area contributed by atoms with Crippen molar-refractivity contribution in [1.82, 2.24) is 14.9 Å². The Balaban J connectivity index is 1.41. The minimum Gasteiger partial charge on any atom is -0.416 e. The summed E-state index contributed by atoms with van der Waals surface area (Å²) >= 11 is 1.48. The summed E-state index contributed by atoms with van der Waals surface area (Å²) in [6.07, 6.45) is 6.55. The van der Waals surface area contributed by atoms with Gasteiger partial charge in [0.15, 0.2) is 0 Å². The van der Waals surface area contributed by atoms with Crippen LogP contribution in [0, 0.1) is 6.92 Å². The Labute approximate surface area is 194 Å². The third-order valence-corrected chi connectivity index (χ3v) is 8.18. The SMILES string of the molecule is Cc1ccc(S(=O)(=O)NC(CCSc2nnc(C3CCCCC3)o2)c2ccccc2)cc1. The molecule has 6 nitrogen and oxygen atoms in total. The Bertz CT molecular complexity index is 1090. The predicted molar refractivity (Wildman–Crippen MR) is 126 cm³/mol. The standard InChI is InChI=1S/C24H29N3O3S2/c1-18-12-14-21(15-13-18)32(28,29)27-22(19-8-4-2-5-9-19)16-17-31-24-26-25-23(30-24)20-10-6-3-7-11-20/h2,4-5,8-9,12-15,20,22,27H,3,6-7,10-11,16-17H2,1H3. The molecule has 1 fully saturated rings. The predicted octanol–water partition coefficient (Wildman–Crippen LogP) is 5.63. The van der Waals surface area contributed by atoms with E-state index in [4.69, 9.17) is 4.42 Å². The summed E-state index contributed by atoms with van der Waals surface area (Å²) in [6, 6.07) is 16.2. The average molecular weight is 472 g/mol. The van der Waals surface area contributed by atoms with E-state index in [0.717, 1.165) is 29.9 Å².